The molecule has 0 amide bonds. The first kappa shape index (κ1) is 21.9. The standard InChI is InChI=1S/C24H26O9/c1-11-23(5,31-11)20(26)29-18-14-9-13-7-8-17(25)28-15(13)10-16(14)33-22(3,4)19(18)30-21(27)24(6)12(2)32-24/h7-12,18-19H,1-6H3/t11-,12+,18+,19+,23-,24-/m0/s1. The first-order chi connectivity index (χ1) is 15.3. The van der Waals surface area contributed by atoms with E-state index in [1.165, 1.54) is 6.07 Å². The van der Waals surface area contributed by atoms with E-state index in [9.17, 15) is 14.4 Å². The molecular formula is C24H26O9. The van der Waals surface area contributed by atoms with Gasteiger partial charge in [-0.25, -0.2) is 14.4 Å². The first-order valence-corrected chi connectivity index (χ1v) is 10.9. The average Bonchev–Trinajstić information content (AvgIpc) is 3.57. The normalized spacial score (nSPS) is 35.8. The van der Waals surface area contributed by atoms with Crippen LogP contribution in [0.3, 0.4) is 0 Å². The Morgan fingerprint density at radius 2 is 1.48 bits per heavy atom. The Morgan fingerprint density at radius 1 is 0.909 bits per heavy atom. The van der Waals surface area contributed by atoms with Crippen molar-refractivity contribution in [2.75, 3.05) is 0 Å². The molecule has 2 saturated heterocycles. The molecular weight excluding hydrogens is 432 g/mol. The Kier molecular flexibility index (Phi) is 4.52. The molecule has 0 aliphatic carbocycles. The van der Waals surface area contributed by atoms with Gasteiger partial charge in [-0.1, -0.05) is 0 Å². The average molecular weight is 458 g/mol. The molecule has 6 atom stereocenters. The number of carbonyl (C=O) groups is 2. The highest BCUT2D eigenvalue weighted by atomic mass is 16.7. The summed E-state index contributed by atoms with van der Waals surface area (Å²) < 4.78 is 34.1. The highest BCUT2D eigenvalue weighted by Crippen LogP contribution is 2.48. The van der Waals surface area contributed by atoms with Gasteiger partial charge in [0.1, 0.15) is 16.9 Å². The van der Waals surface area contributed by atoms with E-state index in [1.54, 1.807) is 59.7 Å². The van der Waals surface area contributed by atoms with Gasteiger partial charge in [0.2, 0.25) is 0 Å². The lowest BCUT2D eigenvalue weighted by Crippen LogP contribution is -2.53. The number of benzene rings is 1. The summed E-state index contributed by atoms with van der Waals surface area (Å²) in [4.78, 5) is 37.6. The Balaban J connectivity index is 1.58. The van der Waals surface area contributed by atoms with Crippen molar-refractivity contribution < 1.29 is 37.7 Å². The Labute approximate surface area is 189 Å². The summed E-state index contributed by atoms with van der Waals surface area (Å²) in [6.07, 6.45) is -2.52. The lowest BCUT2D eigenvalue weighted by atomic mass is 9.87. The zero-order chi connectivity index (χ0) is 23.9. The highest BCUT2D eigenvalue weighted by Gasteiger charge is 2.61. The summed E-state index contributed by atoms with van der Waals surface area (Å²) in [7, 11) is 0. The zero-order valence-electron chi connectivity index (χ0n) is 19.3. The van der Waals surface area contributed by atoms with Crippen LogP contribution in [0.25, 0.3) is 11.0 Å². The molecule has 0 unspecified atom stereocenters. The second kappa shape index (κ2) is 6.80. The van der Waals surface area contributed by atoms with Gasteiger partial charge in [-0.15, -0.1) is 0 Å². The first-order valence-electron chi connectivity index (χ1n) is 10.9. The van der Waals surface area contributed by atoms with Crippen LogP contribution < -0.4 is 10.4 Å². The van der Waals surface area contributed by atoms with Crippen LogP contribution in [-0.2, 0) is 28.5 Å². The van der Waals surface area contributed by atoms with Crippen molar-refractivity contribution in [3.8, 4) is 5.75 Å². The number of hydrogen-bond acceptors (Lipinski definition) is 9. The monoisotopic (exact) mass is 458 g/mol. The van der Waals surface area contributed by atoms with Gasteiger partial charge in [0.25, 0.3) is 0 Å². The molecule has 2 fully saturated rings. The van der Waals surface area contributed by atoms with Gasteiger partial charge in [-0.2, -0.15) is 0 Å². The molecule has 1 aromatic carbocycles. The Bertz CT molecular complexity index is 1230. The summed E-state index contributed by atoms with van der Waals surface area (Å²) in [6.45, 7) is 10.3. The molecule has 0 bridgehead atoms. The molecule has 1 aromatic heterocycles. The van der Waals surface area contributed by atoms with Crippen molar-refractivity contribution in [3.05, 3.63) is 40.2 Å². The fourth-order valence-electron chi connectivity index (χ4n) is 4.18. The number of carbonyl (C=O) groups excluding carboxylic acids is 2. The van der Waals surface area contributed by atoms with Gasteiger partial charge in [0, 0.05) is 23.1 Å². The van der Waals surface area contributed by atoms with Gasteiger partial charge < -0.3 is 28.1 Å². The molecule has 0 spiro atoms. The number of esters is 2. The summed E-state index contributed by atoms with van der Waals surface area (Å²) in [5.74, 6) is -0.758. The maximum Gasteiger partial charge on any atom is 0.341 e. The molecule has 33 heavy (non-hydrogen) atoms. The Morgan fingerprint density at radius 3 is 2.06 bits per heavy atom. The smallest absolute Gasteiger partial charge is 0.341 e. The molecule has 5 rings (SSSR count). The van der Waals surface area contributed by atoms with E-state index in [4.69, 9.17) is 28.1 Å². The molecule has 3 aliphatic heterocycles. The van der Waals surface area contributed by atoms with Crippen molar-refractivity contribution in [2.24, 2.45) is 0 Å². The maximum absolute atomic E-state index is 13.0. The van der Waals surface area contributed by atoms with Gasteiger partial charge in [-0.05, 0) is 53.7 Å². The van der Waals surface area contributed by atoms with Crippen LogP contribution in [0.2, 0.25) is 0 Å². The third kappa shape index (κ3) is 3.41. The van der Waals surface area contributed by atoms with E-state index in [0.717, 1.165) is 0 Å². The fourth-order valence-corrected chi connectivity index (χ4v) is 4.18. The van der Waals surface area contributed by atoms with E-state index in [2.05, 4.69) is 0 Å². The zero-order valence-corrected chi connectivity index (χ0v) is 19.3. The predicted octanol–water partition coefficient (Wildman–Crippen LogP) is 2.81. The predicted molar refractivity (Wildman–Crippen MR) is 114 cm³/mol. The molecule has 176 valence electrons. The minimum Gasteiger partial charge on any atom is -0.483 e. The molecule has 0 radical (unpaired) electrons. The highest BCUT2D eigenvalue weighted by molar-refractivity contribution is 5.85. The van der Waals surface area contributed by atoms with Crippen molar-refractivity contribution >= 4 is 22.9 Å². The van der Waals surface area contributed by atoms with Crippen LogP contribution in [-0.4, -0.2) is 47.1 Å². The van der Waals surface area contributed by atoms with Gasteiger partial charge in [0.05, 0.1) is 12.2 Å². The van der Waals surface area contributed by atoms with Crippen LogP contribution >= 0.6 is 0 Å². The van der Waals surface area contributed by atoms with Crippen LogP contribution in [0.1, 0.15) is 53.2 Å². The number of ether oxygens (including phenoxy) is 5. The number of fused-ring (bicyclic) bond motifs is 2. The minimum atomic E-state index is -1.08. The summed E-state index contributed by atoms with van der Waals surface area (Å²) in [6, 6.07) is 6.20. The van der Waals surface area contributed by atoms with Gasteiger partial charge in [0.15, 0.2) is 23.4 Å². The molecule has 0 N–H and O–H groups in total. The van der Waals surface area contributed by atoms with Crippen molar-refractivity contribution in [3.63, 3.8) is 0 Å². The van der Waals surface area contributed by atoms with E-state index in [-0.39, 0.29) is 12.2 Å². The molecule has 3 aliphatic rings. The minimum absolute atomic E-state index is 0.280. The fraction of sp³-hybridized carbons (Fsp3) is 0.542. The van der Waals surface area contributed by atoms with E-state index in [0.29, 0.717) is 22.3 Å². The SMILES string of the molecule is C[C@@H]1O[C@]1(C)C(=O)O[C@@H]1c2cc3ccc(=O)oc3cc2OC(C)(C)[C@@H]1OC(=O)[C@@]1(C)O[C@@H]1C. The summed E-state index contributed by atoms with van der Waals surface area (Å²) in [5, 5.41) is 0.608. The van der Waals surface area contributed by atoms with Crippen LogP contribution in [0.5, 0.6) is 5.75 Å². The quantitative estimate of drug-likeness (QED) is 0.387. The van der Waals surface area contributed by atoms with Crippen molar-refractivity contribution in [1.29, 1.82) is 0 Å². The summed E-state index contributed by atoms with van der Waals surface area (Å²) in [5.41, 5.74) is -2.88. The summed E-state index contributed by atoms with van der Waals surface area (Å²) >= 11 is 0. The lowest BCUT2D eigenvalue weighted by Gasteiger charge is -2.43. The molecule has 2 aromatic rings. The third-order valence-corrected chi connectivity index (χ3v) is 6.95. The Hall–Kier alpha value is -2.91. The van der Waals surface area contributed by atoms with Crippen LogP contribution in [0.4, 0.5) is 0 Å². The van der Waals surface area contributed by atoms with E-state index in [1.807, 2.05) is 0 Å². The van der Waals surface area contributed by atoms with Crippen molar-refractivity contribution in [2.45, 2.75) is 82.8 Å². The number of epoxide rings is 2. The van der Waals surface area contributed by atoms with Crippen LogP contribution in [0, 0.1) is 0 Å². The molecule has 9 heteroatoms. The molecule has 4 heterocycles. The second-order valence-corrected chi connectivity index (χ2v) is 9.77. The number of rotatable bonds is 4. The van der Waals surface area contributed by atoms with Crippen LogP contribution in [0.15, 0.2) is 33.5 Å². The van der Waals surface area contributed by atoms with Crippen molar-refractivity contribution in [1.82, 2.24) is 0 Å². The number of hydrogen-bond donors (Lipinski definition) is 0. The molecule has 9 nitrogen and oxygen atoms in total. The second-order valence-electron chi connectivity index (χ2n) is 9.77. The van der Waals surface area contributed by atoms with Gasteiger partial charge >= 0.3 is 17.6 Å². The van der Waals surface area contributed by atoms with E-state index < -0.39 is 46.6 Å². The van der Waals surface area contributed by atoms with E-state index >= 15 is 0 Å². The molecule has 0 saturated carbocycles. The lowest BCUT2D eigenvalue weighted by molar-refractivity contribution is -0.196. The maximum atomic E-state index is 13.0. The largest absolute Gasteiger partial charge is 0.483 e. The van der Waals surface area contributed by atoms with Gasteiger partial charge in [-0.3, -0.25) is 0 Å². The topological polar surface area (TPSA) is 117 Å². The third-order valence-electron chi connectivity index (χ3n) is 6.95.